The fourth-order valence-electron chi connectivity index (χ4n) is 1.24. The molecule has 5 heteroatoms. The minimum absolute atomic E-state index is 0.280. The second-order valence-electron chi connectivity index (χ2n) is 4.80. The fraction of sp³-hybridized carbons (Fsp3) is 0.727. The molecular weight excluding hydrogens is 208 g/mol. The highest BCUT2D eigenvalue weighted by Crippen LogP contribution is 2.06. The Bertz CT molecular complexity index is 262. The van der Waals surface area contributed by atoms with Crippen LogP contribution in [0.4, 0.5) is 0 Å². The van der Waals surface area contributed by atoms with Crippen molar-refractivity contribution in [1.29, 1.82) is 0 Å². The number of amides is 2. The molecule has 0 heterocycles. The number of carbonyl (C=O) groups excluding carboxylic acids is 3. The average Bonchev–Trinajstić information content (AvgIpc) is 2.16. The Kier molecular flexibility index (Phi) is 5.71. The first-order valence-electron chi connectivity index (χ1n) is 5.30. The Morgan fingerprint density at radius 3 is 2.25 bits per heavy atom. The van der Waals surface area contributed by atoms with Gasteiger partial charge in [0.15, 0.2) is 0 Å². The molecule has 16 heavy (non-hydrogen) atoms. The smallest absolute Gasteiger partial charge is 0.243 e. The quantitative estimate of drug-likeness (QED) is 0.613. The molecule has 0 saturated carbocycles. The van der Waals surface area contributed by atoms with Gasteiger partial charge in [-0.2, -0.15) is 0 Å². The van der Waals surface area contributed by atoms with Crippen LogP contribution in [-0.4, -0.2) is 30.2 Å². The van der Waals surface area contributed by atoms with Crippen molar-refractivity contribution >= 4 is 18.6 Å². The number of hydrogen-bond acceptors (Lipinski definition) is 3. The second-order valence-corrected chi connectivity index (χ2v) is 4.80. The molecule has 0 bridgehead atoms. The highest BCUT2D eigenvalue weighted by atomic mass is 16.2. The van der Waals surface area contributed by atoms with E-state index in [0.717, 1.165) is 0 Å². The molecular formula is C11H20N2O3. The number of aldehydes is 1. The van der Waals surface area contributed by atoms with Crippen molar-refractivity contribution in [2.75, 3.05) is 0 Å². The van der Waals surface area contributed by atoms with Crippen molar-refractivity contribution in [3.8, 4) is 0 Å². The van der Waals surface area contributed by atoms with Crippen LogP contribution in [0, 0.1) is 5.92 Å². The summed E-state index contributed by atoms with van der Waals surface area (Å²) in [6.45, 7) is 7.12. The first-order chi connectivity index (χ1) is 7.32. The summed E-state index contributed by atoms with van der Waals surface area (Å²) in [7, 11) is 0. The molecule has 0 aromatic carbocycles. The molecule has 0 aliphatic carbocycles. The van der Waals surface area contributed by atoms with E-state index in [1.54, 1.807) is 13.8 Å². The van der Waals surface area contributed by atoms with Gasteiger partial charge in [-0.05, 0) is 26.2 Å². The van der Waals surface area contributed by atoms with E-state index >= 15 is 0 Å². The topological polar surface area (TPSA) is 75.3 Å². The monoisotopic (exact) mass is 228 g/mol. The maximum atomic E-state index is 11.8. The van der Waals surface area contributed by atoms with Gasteiger partial charge in [0.1, 0.15) is 12.3 Å². The molecule has 92 valence electrons. The Labute approximate surface area is 96.0 Å². The van der Waals surface area contributed by atoms with E-state index in [0.29, 0.717) is 19.1 Å². The van der Waals surface area contributed by atoms with Crippen molar-refractivity contribution in [2.45, 2.75) is 45.7 Å². The van der Waals surface area contributed by atoms with E-state index < -0.39 is 11.6 Å². The van der Waals surface area contributed by atoms with E-state index in [1.807, 2.05) is 13.8 Å². The number of hydrogen-bond donors (Lipinski definition) is 2. The summed E-state index contributed by atoms with van der Waals surface area (Å²) in [4.78, 5) is 32.8. The summed E-state index contributed by atoms with van der Waals surface area (Å²) in [5.74, 6) is -0.0551. The molecule has 2 N–H and O–H groups in total. The van der Waals surface area contributed by atoms with E-state index in [-0.39, 0.29) is 11.8 Å². The zero-order chi connectivity index (χ0) is 12.8. The lowest BCUT2D eigenvalue weighted by molar-refractivity contribution is -0.129. The van der Waals surface area contributed by atoms with Crippen LogP contribution in [0.3, 0.4) is 0 Å². The molecule has 1 atom stereocenters. The molecule has 0 aromatic rings. The number of carbonyl (C=O) groups is 3. The summed E-state index contributed by atoms with van der Waals surface area (Å²) < 4.78 is 0. The largest absolute Gasteiger partial charge is 0.347 e. The molecule has 0 aliphatic heterocycles. The van der Waals surface area contributed by atoms with Gasteiger partial charge in [-0.15, -0.1) is 0 Å². The van der Waals surface area contributed by atoms with Gasteiger partial charge in [-0.25, -0.2) is 0 Å². The summed E-state index contributed by atoms with van der Waals surface area (Å²) in [6.07, 6.45) is 1.71. The van der Waals surface area contributed by atoms with Gasteiger partial charge in [-0.3, -0.25) is 9.59 Å². The van der Waals surface area contributed by atoms with Gasteiger partial charge >= 0.3 is 0 Å². The third-order valence-electron chi connectivity index (χ3n) is 2.03. The summed E-state index contributed by atoms with van der Waals surface area (Å²) in [5.41, 5.74) is -0.906. The maximum absolute atomic E-state index is 11.8. The first-order valence-corrected chi connectivity index (χ1v) is 5.30. The lowest BCUT2D eigenvalue weighted by atomic mass is 10.0. The molecule has 0 fully saturated rings. The molecule has 2 amide bonds. The first kappa shape index (κ1) is 14.6. The van der Waals surface area contributed by atoms with Gasteiger partial charge in [0.25, 0.3) is 0 Å². The van der Waals surface area contributed by atoms with E-state index in [4.69, 9.17) is 0 Å². The van der Waals surface area contributed by atoms with E-state index in [1.165, 1.54) is 0 Å². The van der Waals surface area contributed by atoms with Crippen LogP contribution in [-0.2, 0) is 14.4 Å². The van der Waals surface area contributed by atoms with Crippen LogP contribution in [0.1, 0.15) is 34.1 Å². The predicted molar refractivity (Wildman–Crippen MR) is 60.7 cm³/mol. The summed E-state index contributed by atoms with van der Waals surface area (Å²) >= 11 is 0. The Hall–Kier alpha value is -1.39. The Morgan fingerprint density at radius 2 is 1.88 bits per heavy atom. The van der Waals surface area contributed by atoms with Gasteiger partial charge in [0.2, 0.25) is 12.3 Å². The van der Waals surface area contributed by atoms with Crippen LogP contribution >= 0.6 is 0 Å². The summed E-state index contributed by atoms with van der Waals surface area (Å²) in [5, 5.41) is 5.02. The maximum Gasteiger partial charge on any atom is 0.243 e. The fourth-order valence-corrected chi connectivity index (χ4v) is 1.24. The molecule has 0 radical (unpaired) electrons. The van der Waals surface area contributed by atoms with E-state index in [2.05, 4.69) is 10.6 Å². The van der Waals surface area contributed by atoms with Gasteiger partial charge in [0, 0.05) is 0 Å². The highest BCUT2D eigenvalue weighted by molar-refractivity contribution is 5.87. The number of nitrogens with one attached hydrogen (secondary N) is 2. The second kappa shape index (κ2) is 6.25. The summed E-state index contributed by atoms with van der Waals surface area (Å²) in [6, 6.07) is -0.586. The molecule has 1 unspecified atom stereocenters. The van der Waals surface area contributed by atoms with Crippen molar-refractivity contribution in [2.24, 2.45) is 5.92 Å². The van der Waals surface area contributed by atoms with Crippen molar-refractivity contribution in [3.63, 3.8) is 0 Å². The van der Waals surface area contributed by atoms with Gasteiger partial charge < -0.3 is 15.4 Å². The minimum atomic E-state index is -0.906. The van der Waals surface area contributed by atoms with Crippen molar-refractivity contribution in [3.05, 3.63) is 0 Å². The molecule has 0 aliphatic rings. The predicted octanol–water partition coefficient (Wildman–Crippen LogP) is 0.241. The normalized spacial score (nSPS) is 13.1. The third-order valence-corrected chi connectivity index (χ3v) is 2.03. The van der Waals surface area contributed by atoms with Crippen LogP contribution in [0.25, 0.3) is 0 Å². The molecule has 0 spiro atoms. The Balaban J connectivity index is 4.49. The van der Waals surface area contributed by atoms with Crippen LogP contribution < -0.4 is 10.6 Å². The van der Waals surface area contributed by atoms with Crippen LogP contribution in [0.15, 0.2) is 0 Å². The van der Waals surface area contributed by atoms with Crippen molar-refractivity contribution in [1.82, 2.24) is 10.6 Å². The van der Waals surface area contributed by atoms with Gasteiger partial charge in [-0.1, -0.05) is 13.8 Å². The van der Waals surface area contributed by atoms with E-state index in [9.17, 15) is 14.4 Å². The highest BCUT2D eigenvalue weighted by Gasteiger charge is 2.25. The Morgan fingerprint density at radius 1 is 1.31 bits per heavy atom. The standard InChI is InChI=1S/C11H20N2O3/c1-8(2)5-9(12-7-15)10(16)13-11(3,4)6-14/h6-9H,5H2,1-4H3,(H,12,15)(H,13,16). The zero-order valence-electron chi connectivity index (χ0n) is 10.2. The molecule has 0 rings (SSSR count). The van der Waals surface area contributed by atoms with Gasteiger partial charge in [0.05, 0.1) is 5.54 Å². The lowest BCUT2D eigenvalue weighted by Gasteiger charge is -2.24. The lowest BCUT2D eigenvalue weighted by Crippen LogP contribution is -2.52. The molecule has 5 nitrogen and oxygen atoms in total. The van der Waals surface area contributed by atoms with Crippen LogP contribution in [0.5, 0.6) is 0 Å². The third kappa shape index (κ3) is 5.48. The molecule has 0 aromatic heterocycles. The molecule has 0 saturated heterocycles. The minimum Gasteiger partial charge on any atom is -0.347 e. The number of rotatable bonds is 7. The van der Waals surface area contributed by atoms with Crippen molar-refractivity contribution < 1.29 is 14.4 Å². The van der Waals surface area contributed by atoms with Crippen LogP contribution in [0.2, 0.25) is 0 Å². The zero-order valence-corrected chi connectivity index (χ0v) is 10.2. The SMILES string of the molecule is CC(C)CC(NC=O)C(=O)NC(C)(C)C=O. The average molecular weight is 228 g/mol.